The maximum atomic E-state index is 13.4. The molecule has 1 aromatic heterocycles. The Labute approximate surface area is 210 Å². The Kier molecular flexibility index (Phi) is 8.26. The van der Waals surface area contributed by atoms with Crippen LogP contribution in [0.5, 0.6) is 0 Å². The monoisotopic (exact) mass is 520 g/mol. The fourth-order valence-corrected chi connectivity index (χ4v) is 8.42. The molecule has 2 atom stereocenters. The van der Waals surface area contributed by atoms with Gasteiger partial charge in [-0.3, -0.25) is 9.59 Å². The number of sulfone groups is 1. The first-order valence-corrected chi connectivity index (χ1v) is 14.6. The predicted octanol–water partition coefficient (Wildman–Crippen LogP) is 3.92. The Hall–Kier alpha value is -2.27. The van der Waals surface area contributed by atoms with Gasteiger partial charge >= 0.3 is 0 Å². The van der Waals surface area contributed by atoms with Crippen LogP contribution in [0.4, 0.5) is 0 Å². The van der Waals surface area contributed by atoms with Crippen molar-refractivity contribution < 1.29 is 27.6 Å². The van der Waals surface area contributed by atoms with E-state index in [-0.39, 0.29) is 18.1 Å². The number of thiophene rings is 1. The lowest BCUT2D eigenvalue weighted by Crippen LogP contribution is -2.45. The van der Waals surface area contributed by atoms with E-state index in [9.17, 15) is 18.0 Å². The van der Waals surface area contributed by atoms with Crippen LogP contribution in [0.25, 0.3) is 10.4 Å². The molecule has 4 rings (SSSR count). The minimum atomic E-state index is -3.56. The second-order valence-electron chi connectivity index (χ2n) is 8.99. The van der Waals surface area contributed by atoms with Gasteiger partial charge in [-0.2, -0.15) is 0 Å². The number of amides is 2. The number of hydroxylamine groups is 1. The van der Waals surface area contributed by atoms with Crippen LogP contribution in [-0.4, -0.2) is 45.4 Å². The van der Waals surface area contributed by atoms with Gasteiger partial charge in [0.25, 0.3) is 5.91 Å². The first-order valence-electron chi connectivity index (χ1n) is 12.1. The average Bonchev–Trinajstić information content (AvgIpc) is 3.36. The summed E-state index contributed by atoms with van der Waals surface area (Å²) in [7, 11) is -3.56. The summed E-state index contributed by atoms with van der Waals surface area (Å²) in [5, 5.41) is 2.77. The van der Waals surface area contributed by atoms with Crippen LogP contribution in [0.15, 0.2) is 36.4 Å². The lowest BCUT2D eigenvalue weighted by atomic mass is 9.94. The minimum Gasteiger partial charge on any atom is -0.352 e. The predicted molar refractivity (Wildman–Crippen MR) is 135 cm³/mol. The summed E-state index contributed by atoms with van der Waals surface area (Å²) in [6, 6.07) is 10.9. The van der Waals surface area contributed by atoms with Crippen molar-refractivity contribution in [1.29, 1.82) is 0 Å². The zero-order chi connectivity index (χ0) is 24.9. The fourth-order valence-electron chi connectivity index (χ4n) is 4.63. The van der Waals surface area contributed by atoms with Crippen molar-refractivity contribution in [2.45, 2.75) is 62.9 Å². The number of hydrogen-bond donors (Lipinski definition) is 2. The quantitative estimate of drug-likeness (QED) is 0.511. The number of ether oxygens (including phenoxy) is 1. The molecule has 2 fully saturated rings. The first kappa shape index (κ1) is 25.8. The molecule has 1 aromatic carbocycles. The standard InChI is InChI=1S/C25H32N2O6S2/c1-2-26-24(29)19-10-8-18(9-11-19)20-12-13-21(34-20)25(14-4-6-16-35(25,30)31)17-22(28)27-33-23-7-3-5-15-32-23/h8-13,23H,2-7,14-17H2,1H3,(H,26,29)(H,27,28)/t23?,25-/m0/s1. The van der Waals surface area contributed by atoms with Gasteiger partial charge in [-0.25, -0.2) is 18.7 Å². The van der Waals surface area contributed by atoms with Gasteiger partial charge in [-0.15, -0.1) is 11.3 Å². The molecule has 2 amide bonds. The van der Waals surface area contributed by atoms with E-state index in [0.29, 0.717) is 42.9 Å². The molecule has 8 nitrogen and oxygen atoms in total. The maximum Gasteiger partial charge on any atom is 0.251 e. The van der Waals surface area contributed by atoms with Gasteiger partial charge in [0, 0.05) is 34.9 Å². The Balaban J connectivity index is 1.55. The van der Waals surface area contributed by atoms with Gasteiger partial charge in [0.15, 0.2) is 16.1 Å². The summed E-state index contributed by atoms with van der Waals surface area (Å²) in [5.74, 6) is -0.544. The van der Waals surface area contributed by atoms with Crippen molar-refractivity contribution in [3.63, 3.8) is 0 Å². The largest absolute Gasteiger partial charge is 0.352 e. The smallest absolute Gasteiger partial charge is 0.251 e. The van der Waals surface area contributed by atoms with Crippen molar-refractivity contribution in [2.75, 3.05) is 18.9 Å². The molecule has 190 valence electrons. The molecular weight excluding hydrogens is 488 g/mol. The summed E-state index contributed by atoms with van der Waals surface area (Å²) < 4.78 is 31.0. The molecule has 0 bridgehead atoms. The molecule has 0 spiro atoms. The summed E-state index contributed by atoms with van der Waals surface area (Å²) in [6.45, 7) is 3.00. The minimum absolute atomic E-state index is 0.0569. The molecule has 3 heterocycles. The van der Waals surface area contributed by atoms with E-state index in [1.807, 2.05) is 31.2 Å². The molecule has 35 heavy (non-hydrogen) atoms. The lowest BCUT2D eigenvalue weighted by molar-refractivity contribution is -0.200. The first-order chi connectivity index (χ1) is 16.8. The van der Waals surface area contributed by atoms with Gasteiger partial charge in [-0.1, -0.05) is 18.6 Å². The highest BCUT2D eigenvalue weighted by Crippen LogP contribution is 2.47. The van der Waals surface area contributed by atoms with E-state index in [1.54, 1.807) is 12.1 Å². The zero-order valence-electron chi connectivity index (χ0n) is 19.9. The molecule has 1 unspecified atom stereocenters. The molecular formula is C25H32N2O6S2. The number of nitrogens with one attached hydrogen (secondary N) is 2. The summed E-state index contributed by atoms with van der Waals surface area (Å²) in [6.07, 6.45) is 3.63. The maximum absolute atomic E-state index is 13.4. The third-order valence-electron chi connectivity index (χ3n) is 6.55. The Bertz CT molecular complexity index is 1140. The number of hydrogen-bond acceptors (Lipinski definition) is 7. The van der Waals surface area contributed by atoms with Crippen LogP contribution in [0.2, 0.25) is 0 Å². The van der Waals surface area contributed by atoms with Gasteiger partial charge in [0.2, 0.25) is 5.91 Å². The SMILES string of the molecule is CCNC(=O)c1ccc(-c2ccc([C@@]3(CC(=O)NOC4CCCCO4)CCCCS3(=O)=O)s2)cc1. The second kappa shape index (κ2) is 11.2. The van der Waals surface area contributed by atoms with Gasteiger partial charge in [0.05, 0.1) is 12.2 Å². The van der Waals surface area contributed by atoms with Crippen molar-refractivity contribution in [2.24, 2.45) is 0 Å². The number of benzene rings is 1. The molecule has 2 aliphatic heterocycles. The summed E-state index contributed by atoms with van der Waals surface area (Å²) >= 11 is 1.38. The fraction of sp³-hybridized carbons (Fsp3) is 0.520. The highest BCUT2D eigenvalue weighted by molar-refractivity contribution is 7.92. The summed E-state index contributed by atoms with van der Waals surface area (Å²) in [5.41, 5.74) is 3.89. The van der Waals surface area contributed by atoms with Crippen LogP contribution in [0.3, 0.4) is 0 Å². The normalized spacial score (nSPS) is 24.0. The van der Waals surface area contributed by atoms with Crippen LogP contribution in [-0.2, 0) is 29.0 Å². The molecule has 2 saturated heterocycles. The van der Waals surface area contributed by atoms with E-state index < -0.39 is 26.8 Å². The molecule has 2 aromatic rings. The van der Waals surface area contributed by atoms with Gasteiger partial charge in [0.1, 0.15) is 4.75 Å². The van der Waals surface area contributed by atoms with E-state index in [1.165, 1.54) is 11.3 Å². The van der Waals surface area contributed by atoms with E-state index in [2.05, 4.69) is 10.8 Å². The third-order valence-corrected chi connectivity index (χ3v) is 10.6. The second-order valence-corrected chi connectivity index (χ2v) is 12.5. The van der Waals surface area contributed by atoms with Crippen molar-refractivity contribution in [3.05, 3.63) is 46.8 Å². The molecule has 2 N–H and O–H groups in total. The van der Waals surface area contributed by atoms with Crippen molar-refractivity contribution >= 4 is 33.0 Å². The topological polar surface area (TPSA) is 111 Å². The average molecular weight is 521 g/mol. The Morgan fingerprint density at radius 2 is 1.91 bits per heavy atom. The van der Waals surface area contributed by atoms with Crippen molar-refractivity contribution in [1.82, 2.24) is 10.8 Å². The highest BCUT2D eigenvalue weighted by atomic mass is 32.2. The molecule has 2 aliphatic rings. The third kappa shape index (κ3) is 5.77. The number of rotatable bonds is 8. The molecule has 0 aliphatic carbocycles. The Morgan fingerprint density at radius 3 is 2.60 bits per heavy atom. The molecule has 0 saturated carbocycles. The van der Waals surface area contributed by atoms with Crippen molar-refractivity contribution in [3.8, 4) is 10.4 Å². The molecule has 0 radical (unpaired) electrons. The van der Waals surface area contributed by atoms with Crippen LogP contribution < -0.4 is 10.8 Å². The molecule has 10 heteroatoms. The van der Waals surface area contributed by atoms with Gasteiger partial charge in [-0.05, 0) is 62.4 Å². The number of carbonyl (C=O) groups excluding carboxylic acids is 2. The van der Waals surface area contributed by atoms with Crippen LogP contribution in [0, 0.1) is 0 Å². The van der Waals surface area contributed by atoms with E-state index in [4.69, 9.17) is 9.57 Å². The van der Waals surface area contributed by atoms with E-state index >= 15 is 0 Å². The Morgan fingerprint density at radius 1 is 1.11 bits per heavy atom. The van der Waals surface area contributed by atoms with Crippen LogP contribution >= 0.6 is 11.3 Å². The lowest BCUT2D eigenvalue weighted by Gasteiger charge is -2.35. The summed E-state index contributed by atoms with van der Waals surface area (Å²) in [4.78, 5) is 31.9. The van der Waals surface area contributed by atoms with E-state index in [0.717, 1.165) is 29.7 Å². The highest BCUT2D eigenvalue weighted by Gasteiger charge is 2.49. The van der Waals surface area contributed by atoms with Crippen LogP contribution in [0.1, 0.15) is 67.1 Å². The zero-order valence-corrected chi connectivity index (χ0v) is 21.5. The van der Waals surface area contributed by atoms with Gasteiger partial charge < -0.3 is 10.1 Å². The number of carbonyl (C=O) groups is 2.